The van der Waals surface area contributed by atoms with Crippen molar-refractivity contribution in [2.24, 2.45) is 7.05 Å². The predicted octanol–water partition coefficient (Wildman–Crippen LogP) is 1.31. The van der Waals surface area contributed by atoms with Crippen molar-refractivity contribution in [3.63, 3.8) is 0 Å². The van der Waals surface area contributed by atoms with Crippen molar-refractivity contribution in [2.75, 3.05) is 5.75 Å². The van der Waals surface area contributed by atoms with Crippen LogP contribution in [0, 0.1) is 0 Å². The molecule has 1 aromatic heterocycles. The van der Waals surface area contributed by atoms with Crippen LogP contribution in [-0.2, 0) is 18.3 Å². The number of thioether (sulfide) groups is 1. The Morgan fingerprint density at radius 2 is 2.60 bits per heavy atom. The van der Waals surface area contributed by atoms with Crippen LogP contribution in [0.3, 0.4) is 0 Å². The molecular formula is C10H14N2O2S. The molecule has 2 heterocycles. The number of nitrogens with zero attached hydrogens (tertiary/aromatic N) is 2. The fraction of sp³-hybridized carbons (Fsp3) is 0.600. The molecule has 1 aliphatic heterocycles. The Bertz CT molecular complexity index is 369. The lowest BCUT2D eigenvalue weighted by molar-refractivity contribution is -0.139. The van der Waals surface area contributed by atoms with Gasteiger partial charge in [0, 0.05) is 19.7 Å². The first kappa shape index (κ1) is 10.5. The minimum atomic E-state index is -0.698. The molecule has 0 saturated carbocycles. The number of hydrogen-bond acceptors (Lipinski definition) is 3. The molecule has 4 nitrogen and oxygen atoms in total. The molecule has 0 spiro atoms. The Labute approximate surface area is 92.7 Å². The molecule has 0 bridgehead atoms. The number of carbonyl (C=O) groups is 1. The maximum absolute atomic E-state index is 11.3. The van der Waals surface area contributed by atoms with Gasteiger partial charge in [-0.1, -0.05) is 0 Å². The number of rotatable bonds is 3. The van der Waals surface area contributed by atoms with E-state index in [0.717, 1.165) is 24.3 Å². The number of aromatic nitrogens is 2. The minimum absolute atomic E-state index is 0.536. The largest absolute Gasteiger partial charge is 0.480 e. The topological polar surface area (TPSA) is 55.1 Å². The van der Waals surface area contributed by atoms with Crippen LogP contribution in [0.15, 0.2) is 12.3 Å². The highest BCUT2D eigenvalue weighted by Gasteiger charge is 2.42. The summed E-state index contributed by atoms with van der Waals surface area (Å²) in [5.74, 6) is 0.245. The quantitative estimate of drug-likeness (QED) is 0.844. The Balaban J connectivity index is 2.17. The van der Waals surface area contributed by atoms with Crippen LogP contribution in [0.4, 0.5) is 0 Å². The summed E-state index contributed by atoms with van der Waals surface area (Å²) < 4.78 is 1.08. The van der Waals surface area contributed by atoms with Gasteiger partial charge in [-0.25, -0.2) is 0 Å². The molecule has 0 aromatic carbocycles. The smallest absolute Gasteiger partial charge is 0.320 e. The normalized spacial score (nSPS) is 25.7. The summed E-state index contributed by atoms with van der Waals surface area (Å²) in [5.41, 5.74) is 0.870. The molecule has 15 heavy (non-hydrogen) atoms. The maximum atomic E-state index is 11.3. The van der Waals surface area contributed by atoms with Gasteiger partial charge < -0.3 is 5.11 Å². The third-order valence-electron chi connectivity index (χ3n) is 2.73. The van der Waals surface area contributed by atoms with Crippen molar-refractivity contribution in [3.8, 4) is 0 Å². The van der Waals surface area contributed by atoms with E-state index in [1.807, 2.05) is 19.3 Å². The van der Waals surface area contributed by atoms with Crippen molar-refractivity contribution in [1.29, 1.82) is 0 Å². The third kappa shape index (κ3) is 2.02. The van der Waals surface area contributed by atoms with Crippen molar-refractivity contribution >= 4 is 17.7 Å². The molecule has 1 unspecified atom stereocenters. The van der Waals surface area contributed by atoms with Crippen LogP contribution in [0.5, 0.6) is 0 Å². The average molecular weight is 226 g/mol. The number of carboxylic acids is 1. The molecule has 2 rings (SSSR count). The monoisotopic (exact) mass is 226 g/mol. The van der Waals surface area contributed by atoms with Gasteiger partial charge in [0.15, 0.2) is 0 Å². The van der Waals surface area contributed by atoms with Gasteiger partial charge in [0.05, 0.1) is 5.69 Å². The van der Waals surface area contributed by atoms with Gasteiger partial charge in [0.1, 0.15) is 4.75 Å². The lowest BCUT2D eigenvalue weighted by atomic mass is 9.97. The van der Waals surface area contributed by atoms with Gasteiger partial charge in [-0.2, -0.15) is 5.10 Å². The van der Waals surface area contributed by atoms with Gasteiger partial charge in [-0.3, -0.25) is 9.48 Å². The average Bonchev–Trinajstić information content (AvgIpc) is 2.77. The standard InChI is InChI=1S/C10H14N2O2S/c1-12-5-3-8(11-12)7-10(9(13)14)4-2-6-15-10/h3,5H,2,4,6-7H2,1H3,(H,13,14). The van der Waals surface area contributed by atoms with Gasteiger partial charge in [-0.15, -0.1) is 11.8 Å². The zero-order valence-electron chi connectivity index (χ0n) is 8.64. The van der Waals surface area contributed by atoms with Crippen molar-refractivity contribution < 1.29 is 9.90 Å². The first-order chi connectivity index (χ1) is 7.12. The van der Waals surface area contributed by atoms with Gasteiger partial charge in [0.2, 0.25) is 0 Å². The van der Waals surface area contributed by atoms with E-state index in [-0.39, 0.29) is 0 Å². The summed E-state index contributed by atoms with van der Waals surface area (Å²) in [6, 6.07) is 1.89. The highest BCUT2D eigenvalue weighted by Crippen LogP contribution is 2.40. The Hall–Kier alpha value is -0.970. The first-order valence-corrected chi connectivity index (χ1v) is 5.97. The zero-order valence-corrected chi connectivity index (χ0v) is 9.46. The summed E-state index contributed by atoms with van der Waals surface area (Å²) >= 11 is 1.55. The van der Waals surface area contributed by atoms with E-state index >= 15 is 0 Å². The van der Waals surface area contributed by atoms with E-state index < -0.39 is 10.7 Å². The molecule has 1 atom stereocenters. The van der Waals surface area contributed by atoms with E-state index in [1.165, 1.54) is 0 Å². The number of aryl methyl sites for hydroxylation is 1. The van der Waals surface area contributed by atoms with Crippen LogP contribution in [0.2, 0.25) is 0 Å². The molecule has 1 fully saturated rings. The third-order valence-corrected chi connectivity index (χ3v) is 4.30. The molecule has 1 aliphatic rings. The highest BCUT2D eigenvalue weighted by molar-refractivity contribution is 8.01. The fourth-order valence-corrected chi connectivity index (χ4v) is 3.27. The minimum Gasteiger partial charge on any atom is -0.480 e. The van der Waals surface area contributed by atoms with Crippen LogP contribution < -0.4 is 0 Å². The fourth-order valence-electron chi connectivity index (χ4n) is 1.93. The van der Waals surface area contributed by atoms with E-state index in [2.05, 4.69) is 5.10 Å². The number of carboxylic acid groups (broad SMARTS) is 1. The predicted molar refractivity (Wildman–Crippen MR) is 59.0 cm³/mol. The SMILES string of the molecule is Cn1ccc(CC2(C(=O)O)CCCS2)n1. The first-order valence-electron chi connectivity index (χ1n) is 4.98. The molecule has 5 heteroatoms. The number of aliphatic carboxylic acids is 1. The van der Waals surface area contributed by atoms with Gasteiger partial charge >= 0.3 is 5.97 Å². The van der Waals surface area contributed by atoms with E-state index in [1.54, 1.807) is 16.4 Å². The molecular weight excluding hydrogens is 212 g/mol. The van der Waals surface area contributed by atoms with E-state index in [4.69, 9.17) is 0 Å². The molecule has 0 amide bonds. The summed E-state index contributed by atoms with van der Waals surface area (Å²) in [4.78, 5) is 11.3. The van der Waals surface area contributed by atoms with E-state index in [0.29, 0.717) is 6.42 Å². The van der Waals surface area contributed by atoms with E-state index in [9.17, 15) is 9.90 Å². The molecule has 0 radical (unpaired) electrons. The van der Waals surface area contributed by atoms with Crippen LogP contribution >= 0.6 is 11.8 Å². The second-order valence-electron chi connectivity index (χ2n) is 3.91. The number of hydrogen-bond donors (Lipinski definition) is 1. The van der Waals surface area contributed by atoms with Crippen molar-refractivity contribution in [2.45, 2.75) is 24.0 Å². The van der Waals surface area contributed by atoms with Crippen LogP contribution in [-0.4, -0.2) is 31.4 Å². The Morgan fingerprint density at radius 3 is 3.07 bits per heavy atom. The summed E-state index contributed by atoms with van der Waals surface area (Å²) in [6.45, 7) is 0. The molecule has 1 N–H and O–H groups in total. The van der Waals surface area contributed by atoms with Gasteiger partial charge in [-0.05, 0) is 24.7 Å². The summed E-state index contributed by atoms with van der Waals surface area (Å²) in [7, 11) is 1.85. The van der Waals surface area contributed by atoms with Crippen LogP contribution in [0.25, 0.3) is 0 Å². The maximum Gasteiger partial charge on any atom is 0.320 e. The lowest BCUT2D eigenvalue weighted by Gasteiger charge is -2.21. The molecule has 82 valence electrons. The molecule has 1 saturated heterocycles. The summed E-state index contributed by atoms with van der Waals surface area (Å²) in [5, 5.41) is 13.5. The highest BCUT2D eigenvalue weighted by atomic mass is 32.2. The molecule has 1 aromatic rings. The van der Waals surface area contributed by atoms with Crippen molar-refractivity contribution in [3.05, 3.63) is 18.0 Å². The van der Waals surface area contributed by atoms with Crippen molar-refractivity contribution in [1.82, 2.24) is 9.78 Å². The second-order valence-corrected chi connectivity index (χ2v) is 5.39. The van der Waals surface area contributed by atoms with Gasteiger partial charge in [0.25, 0.3) is 0 Å². The Kier molecular flexibility index (Phi) is 2.73. The Morgan fingerprint density at radius 1 is 1.80 bits per heavy atom. The summed E-state index contributed by atoms with van der Waals surface area (Å²) in [6.07, 6.45) is 4.13. The lowest BCUT2D eigenvalue weighted by Crippen LogP contribution is -2.35. The van der Waals surface area contributed by atoms with Crippen LogP contribution in [0.1, 0.15) is 18.5 Å². The molecule has 0 aliphatic carbocycles. The second kappa shape index (κ2) is 3.89. The zero-order chi connectivity index (χ0) is 10.9.